The number of hydrazine groups is 1. The van der Waals surface area contributed by atoms with Gasteiger partial charge in [-0.05, 0) is 25.8 Å². The Hall–Kier alpha value is -1.94. The number of aromatic nitrogens is 2. The molecule has 1 heterocycles. The van der Waals surface area contributed by atoms with Gasteiger partial charge in [-0.25, -0.2) is 15.8 Å². The Balaban J connectivity index is 2.32. The van der Waals surface area contributed by atoms with E-state index in [2.05, 4.69) is 53.5 Å². The van der Waals surface area contributed by atoms with Crippen molar-refractivity contribution < 1.29 is 0 Å². The summed E-state index contributed by atoms with van der Waals surface area (Å²) in [4.78, 5) is 9.08. The molecule has 100 valence electrons. The Bertz CT molecular complexity index is 536. The molecule has 0 aliphatic carbocycles. The highest BCUT2D eigenvalue weighted by molar-refractivity contribution is 5.45. The summed E-state index contributed by atoms with van der Waals surface area (Å²) in [5.41, 5.74) is 7.19. The van der Waals surface area contributed by atoms with Crippen LogP contribution in [0.15, 0.2) is 24.3 Å². The molecule has 0 bridgehead atoms. The average molecular weight is 256 g/mol. The Kier molecular flexibility index (Phi) is 4.12. The maximum atomic E-state index is 5.52. The molecule has 0 amide bonds. The van der Waals surface area contributed by atoms with Crippen LogP contribution < -0.4 is 11.3 Å². The van der Waals surface area contributed by atoms with E-state index >= 15 is 0 Å². The van der Waals surface area contributed by atoms with Gasteiger partial charge in [-0.15, -0.1) is 0 Å². The summed E-state index contributed by atoms with van der Waals surface area (Å²) in [7, 11) is 0. The van der Waals surface area contributed by atoms with Crippen LogP contribution in [0.3, 0.4) is 0 Å². The Labute approximate surface area is 114 Å². The van der Waals surface area contributed by atoms with E-state index in [1.165, 1.54) is 11.1 Å². The molecule has 0 atom stereocenters. The second-order valence-electron chi connectivity index (χ2n) is 4.72. The number of anilines is 1. The third-order valence-electron chi connectivity index (χ3n) is 3.25. The molecular formula is C15H20N4. The van der Waals surface area contributed by atoms with Crippen molar-refractivity contribution in [3.8, 4) is 0 Å². The first-order chi connectivity index (χ1) is 9.13. The summed E-state index contributed by atoms with van der Waals surface area (Å²) in [5.74, 6) is 7.04. The predicted molar refractivity (Wildman–Crippen MR) is 77.9 cm³/mol. The predicted octanol–water partition coefficient (Wildman–Crippen LogP) is 2.53. The van der Waals surface area contributed by atoms with E-state index in [-0.39, 0.29) is 0 Å². The number of hydrogen-bond acceptors (Lipinski definition) is 4. The van der Waals surface area contributed by atoms with E-state index in [4.69, 9.17) is 5.84 Å². The van der Waals surface area contributed by atoms with Gasteiger partial charge in [0.05, 0.1) is 0 Å². The molecule has 0 aliphatic rings. The third-order valence-corrected chi connectivity index (χ3v) is 3.25. The van der Waals surface area contributed by atoms with Gasteiger partial charge in [-0.2, -0.15) is 0 Å². The minimum absolute atomic E-state index is 0.717. The van der Waals surface area contributed by atoms with Crippen molar-refractivity contribution in [1.29, 1.82) is 0 Å². The lowest BCUT2D eigenvalue weighted by atomic mass is 10.1. The minimum Gasteiger partial charge on any atom is -0.308 e. The van der Waals surface area contributed by atoms with E-state index < -0.39 is 0 Å². The van der Waals surface area contributed by atoms with Crippen LogP contribution in [-0.2, 0) is 12.8 Å². The highest BCUT2D eigenvalue weighted by Crippen LogP contribution is 2.17. The number of nitrogens with zero attached hydrogens (tertiary/aromatic N) is 2. The largest absolute Gasteiger partial charge is 0.308 e. The maximum absolute atomic E-state index is 5.52. The monoisotopic (exact) mass is 256 g/mol. The van der Waals surface area contributed by atoms with Gasteiger partial charge in [0, 0.05) is 17.7 Å². The van der Waals surface area contributed by atoms with Crippen molar-refractivity contribution in [1.82, 2.24) is 9.97 Å². The third kappa shape index (κ3) is 3.09. The van der Waals surface area contributed by atoms with Crippen molar-refractivity contribution in [2.75, 3.05) is 5.43 Å². The number of rotatable bonds is 4. The van der Waals surface area contributed by atoms with Crippen LogP contribution in [0.2, 0.25) is 0 Å². The molecule has 3 N–H and O–H groups in total. The molecule has 0 spiro atoms. The van der Waals surface area contributed by atoms with Crippen molar-refractivity contribution >= 4 is 5.82 Å². The van der Waals surface area contributed by atoms with Crippen LogP contribution in [-0.4, -0.2) is 9.97 Å². The quantitative estimate of drug-likeness (QED) is 0.652. The molecule has 2 rings (SSSR count). The van der Waals surface area contributed by atoms with Crippen molar-refractivity contribution in [3.63, 3.8) is 0 Å². The van der Waals surface area contributed by atoms with Gasteiger partial charge in [0.1, 0.15) is 11.6 Å². The zero-order valence-corrected chi connectivity index (χ0v) is 11.7. The first-order valence-electron chi connectivity index (χ1n) is 6.52. The lowest BCUT2D eigenvalue weighted by Crippen LogP contribution is -2.14. The molecule has 4 heteroatoms. The molecule has 0 saturated heterocycles. The van der Waals surface area contributed by atoms with E-state index in [0.29, 0.717) is 5.82 Å². The molecule has 0 saturated carbocycles. The fourth-order valence-electron chi connectivity index (χ4n) is 2.07. The summed E-state index contributed by atoms with van der Waals surface area (Å²) in [6, 6.07) is 8.43. The summed E-state index contributed by atoms with van der Waals surface area (Å²) in [6.45, 7) is 6.16. The van der Waals surface area contributed by atoms with Gasteiger partial charge < -0.3 is 5.43 Å². The lowest BCUT2D eigenvalue weighted by molar-refractivity contribution is 0.888. The summed E-state index contributed by atoms with van der Waals surface area (Å²) in [5, 5.41) is 0. The van der Waals surface area contributed by atoms with E-state index in [9.17, 15) is 0 Å². The number of aryl methyl sites for hydroxylation is 2. The summed E-state index contributed by atoms with van der Waals surface area (Å²) >= 11 is 0. The minimum atomic E-state index is 0.717. The SMILES string of the molecule is CCc1nc(Cc2ccc(C)cc2)nc(NN)c1C. The van der Waals surface area contributed by atoms with E-state index in [1.807, 2.05) is 6.92 Å². The van der Waals surface area contributed by atoms with Crippen LogP contribution in [0.1, 0.15) is 35.1 Å². The van der Waals surface area contributed by atoms with Crippen LogP contribution in [0.5, 0.6) is 0 Å². The standard InChI is InChI=1S/C15H20N4/c1-4-13-11(3)15(19-16)18-14(17-13)9-12-7-5-10(2)6-8-12/h5-8H,4,9,16H2,1-3H3,(H,17,18,19). The molecule has 0 fully saturated rings. The zero-order chi connectivity index (χ0) is 13.8. The lowest BCUT2D eigenvalue weighted by Gasteiger charge is -2.11. The van der Waals surface area contributed by atoms with Gasteiger partial charge in [0.15, 0.2) is 0 Å². The average Bonchev–Trinajstić information content (AvgIpc) is 2.43. The second kappa shape index (κ2) is 5.80. The topological polar surface area (TPSA) is 63.8 Å². The summed E-state index contributed by atoms with van der Waals surface area (Å²) in [6.07, 6.45) is 1.60. The fourth-order valence-corrected chi connectivity index (χ4v) is 2.07. The Morgan fingerprint density at radius 3 is 2.37 bits per heavy atom. The molecule has 0 aliphatic heterocycles. The van der Waals surface area contributed by atoms with Gasteiger partial charge in [0.2, 0.25) is 0 Å². The van der Waals surface area contributed by atoms with Crippen LogP contribution in [0, 0.1) is 13.8 Å². The van der Waals surface area contributed by atoms with Crippen LogP contribution >= 0.6 is 0 Å². The number of nitrogens with two attached hydrogens (primary N) is 1. The molecule has 1 aromatic heterocycles. The maximum Gasteiger partial charge on any atom is 0.146 e. The summed E-state index contributed by atoms with van der Waals surface area (Å²) < 4.78 is 0. The molecule has 0 radical (unpaired) electrons. The van der Waals surface area contributed by atoms with Crippen molar-refractivity contribution in [3.05, 3.63) is 52.5 Å². The van der Waals surface area contributed by atoms with Gasteiger partial charge in [0.25, 0.3) is 0 Å². The van der Waals surface area contributed by atoms with Crippen molar-refractivity contribution in [2.24, 2.45) is 5.84 Å². The Morgan fingerprint density at radius 1 is 1.11 bits per heavy atom. The highest BCUT2D eigenvalue weighted by Gasteiger charge is 2.09. The second-order valence-corrected chi connectivity index (χ2v) is 4.72. The zero-order valence-electron chi connectivity index (χ0n) is 11.7. The molecule has 2 aromatic rings. The van der Waals surface area contributed by atoms with Gasteiger partial charge in [-0.1, -0.05) is 36.8 Å². The molecule has 19 heavy (non-hydrogen) atoms. The molecular weight excluding hydrogens is 236 g/mol. The van der Waals surface area contributed by atoms with Crippen LogP contribution in [0.25, 0.3) is 0 Å². The van der Waals surface area contributed by atoms with Gasteiger partial charge in [-0.3, -0.25) is 0 Å². The smallest absolute Gasteiger partial charge is 0.146 e. The number of hydrogen-bond donors (Lipinski definition) is 2. The number of nitrogen functional groups attached to an aromatic ring is 1. The number of nitrogens with one attached hydrogen (secondary N) is 1. The van der Waals surface area contributed by atoms with E-state index in [1.54, 1.807) is 0 Å². The van der Waals surface area contributed by atoms with Crippen molar-refractivity contribution in [2.45, 2.75) is 33.6 Å². The molecule has 0 unspecified atom stereocenters. The Morgan fingerprint density at radius 2 is 1.79 bits per heavy atom. The van der Waals surface area contributed by atoms with Gasteiger partial charge >= 0.3 is 0 Å². The first kappa shape index (κ1) is 13.5. The molecule has 4 nitrogen and oxygen atoms in total. The highest BCUT2D eigenvalue weighted by atomic mass is 15.3. The number of benzene rings is 1. The fraction of sp³-hybridized carbons (Fsp3) is 0.333. The normalized spacial score (nSPS) is 10.5. The molecule has 1 aromatic carbocycles. The first-order valence-corrected chi connectivity index (χ1v) is 6.52. The van der Waals surface area contributed by atoms with E-state index in [0.717, 1.165) is 29.9 Å². The van der Waals surface area contributed by atoms with Crippen LogP contribution in [0.4, 0.5) is 5.82 Å².